The molecule has 1 aromatic heterocycles. The molecule has 0 aliphatic heterocycles. The van der Waals surface area contributed by atoms with Crippen LogP contribution in [0.5, 0.6) is 0 Å². The minimum atomic E-state index is -0.120. The second-order valence-corrected chi connectivity index (χ2v) is 5.63. The predicted octanol–water partition coefficient (Wildman–Crippen LogP) is 1.98. The highest BCUT2D eigenvalue weighted by molar-refractivity contribution is 5.94. The zero-order valence-corrected chi connectivity index (χ0v) is 13.3. The van der Waals surface area contributed by atoms with Gasteiger partial charge in [-0.2, -0.15) is 0 Å². The maximum atomic E-state index is 12.2. The summed E-state index contributed by atoms with van der Waals surface area (Å²) in [5, 5.41) is 12.1. The van der Waals surface area contributed by atoms with Gasteiger partial charge in [0.05, 0.1) is 5.56 Å². The Balaban J connectivity index is 1.95. The summed E-state index contributed by atoms with van der Waals surface area (Å²) in [5.74, 6) is 0.936. The van der Waals surface area contributed by atoms with Crippen LogP contribution in [0.1, 0.15) is 37.0 Å². The lowest BCUT2D eigenvalue weighted by molar-refractivity contribution is 0.0940. The predicted molar refractivity (Wildman–Crippen MR) is 88.0 cm³/mol. The number of nitrogens with zero attached hydrogens (tertiary/aromatic N) is 2. The lowest BCUT2D eigenvalue weighted by Gasteiger charge is -2.21. The first-order chi connectivity index (χ1) is 10.7. The molecule has 2 atom stereocenters. The molecule has 0 radical (unpaired) electrons. The average Bonchev–Trinajstić information content (AvgIpc) is 3.00. The molecule has 5 heteroatoms. The number of hydrogen-bond acceptors (Lipinski definition) is 4. The van der Waals surface area contributed by atoms with E-state index < -0.39 is 0 Å². The Morgan fingerprint density at radius 3 is 2.77 bits per heavy atom. The molecule has 0 saturated carbocycles. The van der Waals surface area contributed by atoms with Crippen LogP contribution in [0.25, 0.3) is 0 Å². The van der Waals surface area contributed by atoms with Gasteiger partial charge in [-0.3, -0.25) is 4.79 Å². The maximum Gasteiger partial charge on any atom is 0.253 e. The van der Waals surface area contributed by atoms with Crippen LogP contribution in [0.2, 0.25) is 0 Å². The van der Waals surface area contributed by atoms with Gasteiger partial charge in [0.15, 0.2) is 0 Å². The Kier molecular flexibility index (Phi) is 5.95. The molecule has 1 aromatic rings. The molecule has 1 heterocycles. The van der Waals surface area contributed by atoms with E-state index in [1.165, 1.54) is 0 Å². The molecular weight excluding hydrogens is 278 g/mol. The fourth-order valence-electron chi connectivity index (χ4n) is 2.68. The molecule has 0 fully saturated rings. The van der Waals surface area contributed by atoms with Gasteiger partial charge >= 0.3 is 0 Å². The Morgan fingerprint density at radius 1 is 1.41 bits per heavy atom. The van der Waals surface area contributed by atoms with Crippen molar-refractivity contribution in [3.63, 3.8) is 0 Å². The number of rotatable bonds is 7. The quantitative estimate of drug-likeness (QED) is 0.756. The van der Waals surface area contributed by atoms with E-state index in [-0.39, 0.29) is 24.5 Å². The summed E-state index contributed by atoms with van der Waals surface area (Å²) >= 11 is 0. The summed E-state index contributed by atoms with van der Waals surface area (Å²) in [6.45, 7) is 6.23. The minimum Gasteiger partial charge on any atom is -0.396 e. The molecule has 0 bridgehead atoms. The molecule has 120 valence electrons. The maximum absolute atomic E-state index is 12.2. The van der Waals surface area contributed by atoms with Gasteiger partial charge in [-0.15, -0.1) is 0 Å². The van der Waals surface area contributed by atoms with Gasteiger partial charge in [0.2, 0.25) is 0 Å². The van der Waals surface area contributed by atoms with Crippen molar-refractivity contribution in [2.24, 2.45) is 5.92 Å². The van der Waals surface area contributed by atoms with E-state index in [0.717, 1.165) is 31.7 Å². The van der Waals surface area contributed by atoms with Crippen molar-refractivity contribution in [3.05, 3.63) is 36.0 Å². The number of carbonyl (C=O) groups is 1. The van der Waals surface area contributed by atoms with Crippen LogP contribution in [-0.2, 0) is 0 Å². The Labute approximate surface area is 132 Å². The summed E-state index contributed by atoms with van der Waals surface area (Å²) in [4.78, 5) is 18.8. The first-order valence-corrected chi connectivity index (χ1v) is 7.99. The van der Waals surface area contributed by atoms with E-state index in [0.29, 0.717) is 5.56 Å². The van der Waals surface area contributed by atoms with Crippen molar-refractivity contribution in [2.75, 3.05) is 24.6 Å². The van der Waals surface area contributed by atoms with E-state index in [2.05, 4.69) is 29.0 Å². The van der Waals surface area contributed by atoms with Gasteiger partial charge < -0.3 is 15.3 Å². The number of nitrogens with one attached hydrogen (secondary N) is 1. The molecular formula is C17H25N3O2. The topological polar surface area (TPSA) is 65.5 Å². The van der Waals surface area contributed by atoms with E-state index in [4.69, 9.17) is 5.11 Å². The van der Waals surface area contributed by atoms with Crippen LogP contribution >= 0.6 is 0 Å². The number of aliphatic hydroxyl groups is 1. The Hall–Kier alpha value is -1.88. The number of aromatic nitrogens is 1. The highest BCUT2D eigenvalue weighted by Gasteiger charge is 2.20. The van der Waals surface area contributed by atoms with Crippen molar-refractivity contribution in [1.29, 1.82) is 0 Å². The SMILES string of the molecule is CCCN(CC)c1ccc(C(=O)N[C@@H]2C=C[C@H](CO)C2)cn1. The molecule has 2 N–H and O–H groups in total. The average molecular weight is 303 g/mol. The van der Waals surface area contributed by atoms with Crippen LogP contribution in [-0.4, -0.2) is 41.7 Å². The lowest BCUT2D eigenvalue weighted by atomic mass is 10.1. The van der Waals surface area contributed by atoms with Gasteiger partial charge in [-0.1, -0.05) is 19.1 Å². The second-order valence-electron chi connectivity index (χ2n) is 5.63. The summed E-state index contributed by atoms with van der Waals surface area (Å²) < 4.78 is 0. The molecule has 0 spiro atoms. The van der Waals surface area contributed by atoms with E-state index in [1.54, 1.807) is 6.20 Å². The molecule has 2 rings (SSSR count). The molecule has 1 amide bonds. The van der Waals surface area contributed by atoms with Crippen molar-refractivity contribution < 1.29 is 9.90 Å². The van der Waals surface area contributed by atoms with Crippen LogP contribution in [0.4, 0.5) is 5.82 Å². The van der Waals surface area contributed by atoms with Crippen LogP contribution < -0.4 is 10.2 Å². The molecule has 0 saturated heterocycles. The summed E-state index contributed by atoms with van der Waals surface area (Å²) in [5.41, 5.74) is 0.567. The number of carbonyl (C=O) groups excluding carboxylic acids is 1. The third kappa shape index (κ3) is 4.07. The normalized spacial score (nSPS) is 20.1. The molecule has 5 nitrogen and oxygen atoms in total. The fraction of sp³-hybridized carbons (Fsp3) is 0.529. The van der Waals surface area contributed by atoms with Crippen molar-refractivity contribution >= 4 is 11.7 Å². The number of anilines is 1. The van der Waals surface area contributed by atoms with Crippen LogP contribution in [0.3, 0.4) is 0 Å². The zero-order valence-electron chi connectivity index (χ0n) is 13.3. The number of pyridine rings is 1. The van der Waals surface area contributed by atoms with Crippen molar-refractivity contribution in [1.82, 2.24) is 10.3 Å². The first kappa shape index (κ1) is 16.5. The molecule has 22 heavy (non-hydrogen) atoms. The zero-order chi connectivity index (χ0) is 15.9. The second kappa shape index (κ2) is 7.94. The van der Waals surface area contributed by atoms with Crippen LogP contribution in [0, 0.1) is 5.92 Å². The van der Waals surface area contributed by atoms with Crippen molar-refractivity contribution in [2.45, 2.75) is 32.7 Å². The number of aliphatic hydroxyl groups excluding tert-OH is 1. The molecule has 1 aliphatic carbocycles. The Morgan fingerprint density at radius 2 is 2.23 bits per heavy atom. The number of amides is 1. The summed E-state index contributed by atoms with van der Waals surface area (Å²) in [6.07, 6.45) is 7.35. The van der Waals surface area contributed by atoms with Gasteiger partial charge in [0.25, 0.3) is 5.91 Å². The van der Waals surface area contributed by atoms with E-state index >= 15 is 0 Å². The fourth-order valence-corrected chi connectivity index (χ4v) is 2.68. The van der Waals surface area contributed by atoms with Gasteiger partial charge in [0, 0.05) is 37.9 Å². The van der Waals surface area contributed by atoms with E-state index in [9.17, 15) is 4.79 Å². The standard InChI is InChI=1S/C17H25N3O2/c1-3-9-20(4-2)16-8-6-14(11-18-16)17(22)19-15-7-5-13(10-15)12-21/h5-8,11,13,15,21H,3-4,9-10,12H2,1-2H3,(H,19,22)/t13-,15+/m0/s1. The Bertz CT molecular complexity index is 513. The first-order valence-electron chi connectivity index (χ1n) is 7.99. The third-order valence-corrected chi connectivity index (χ3v) is 3.93. The monoisotopic (exact) mass is 303 g/mol. The molecule has 0 aromatic carbocycles. The number of hydrogen-bond donors (Lipinski definition) is 2. The summed E-state index contributed by atoms with van der Waals surface area (Å²) in [6, 6.07) is 3.71. The van der Waals surface area contributed by atoms with Crippen LogP contribution in [0.15, 0.2) is 30.5 Å². The lowest BCUT2D eigenvalue weighted by Crippen LogP contribution is -2.33. The highest BCUT2D eigenvalue weighted by Crippen LogP contribution is 2.18. The van der Waals surface area contributed by atoms with E-state index in [1.807, 2.05) is 24.3 Å². The van der Waals surface area contributed by atoms with Gasteiger partial charge in [-0.05, 0) is 31.9 Å². The summed E-state index contributed by atoms with van der Waals surface area (Å²) in [7, 11) is 0. The third-order valence-electron chi connectivity index (χ3n) is 3.93. The molecule has 0 unspecified atom stereocenters. The van der Waals surface area contributed by atoms with Gasteiger partial charge in [-0.25, -0.2) is 4.98 Å². The molecule has 1 aliphatic rings. The highest BCUT2D eigenvalue weighted by atomic mass is 16.3. The smallest absolute Gasteiger partial charge is 0.253 e. The van der Waals surface area contributed by atoms with Crippen molar-refractivity contribution in [3.8, 4) is 0 Å². The minimum absolute atomic E-state index is 0.00319. The largest absolute Gasteiger partial charge is 0.396 e. The van der Waals surface area contributed by atoms with Gasteiger partial charge in [0.1, 0.15) is 5.82 Å².